The fraction of sp³-hybridized carbons (Fsp3) is 0.571. The topological polar surface area (TPSA) is 83.1 Å². The van der Waals surface area contributed by atoms with Crippen LogP contribution in [0.25, 0.3) is 0 Å². The first-order chi connectivity index (χ1) is 9.89. The number of carbonyl (C=O) groups is 2. The minimum absolute atomic E-state index is 0.00214. The maximum absolute atomic E-state index is 11.4. The largest absolute Gasteiger partial charge is 0.500 e. The number of ether oxygens (including phenoxy) is 4. The fourth-order valence-electron chi connectivity index (χ4n) is 1.56. The zero-order valence-corrected chi connectivity index (χ0v) is 12.9. The standard InChI is InChI=1S/C14H23NO6/c1-9(18-3)11(7-13(16)20-5)15-12(10(2)19-4)8-14(17)21-6/h11-12,15H,1-2,7-8H2,3-6H3. The first kappa shape index (κ1) is 19.0. The Balaban J connectivity index is 5.00. The molecule has 0 aromatic heterocycles. The summed E-state index contributed by atoms with van der Waals surface area (Å²) in [6.45, 7) is 7.44. The lowest BCUT2D eigenvalue weighted by Gasteiger charge is -2.26. The van der Waals surface area contributed by atoms with Crippen LogP contribution in [0.3, 0.4) is 0 Å². The molecule has 0 radical (unpaired) electrons. The smallest absolute Gasteiger partial charge is 0.307 e. The summed E-state index contributed by atoms with van der Waals surface area (Å²) < 4.78 is 19.4. The van der Waals surface area contributed by atoms with E-state index in [0.717, 1.165) is 0 Å². The molecule has 21 heavy (non-hydrogen) atoms. The van der Waals surface area contributed by atoms with E-state index in [1.54, 1.807) is 0 Å². The lowest BCUT2D eigenvalue weighted by Crippen LogP contribution is -2.43. The molecule has 0 fully saturated rings. The number of methoxy groups -OCH3 is 4. The van der Waals surface area contributed by atoms with Gasteiger partial charge in [0.15, 0.2) is 0 Å². The highest BCUT2D eigenvalue weighted by Gasteiger charge is 2.26. The van der Waals surface area contributed by atoms with E-state index >= 15 is 0 Å². The molecule has 0 aromatic rings. The van der Waals surface area contributed by atoms with Crippen molar-refractivity contribution in [3.05, 3.63) is 24.7 Å². The molecule has 0 amide bonds. The van der Waals surface area contributed by atoms with Crippen LogP contribution in [-0.4, -0.2) is 52.5 Å². The summed E-state index contributed by atoms with van der Waals surface area (Å²) in [6, 6.07) is -1.10. The van der Waals surface area contributed by atoms with Gasteiger partial charge in [-0.05, 0) is 0 Å². The molecule has 1 N–H and O–H groups in total. The van der Waals surface area contributed by atoms with Crippen molar-refractivity contribution in [2.45, 2.75) is 24.9 Å². The molecule has 0 saturated heterocycles. The third-order valence-electron chi connectivity index (χ3n) is 2.90. The second kappa shape index (κ2) is 9.82. The molecular formula is C14H23NO6. The summed E-state index contributed by atoms with van der Waals surface area (Å²) in [5.41, 5.74) is 0. The van der Waals surface area contributed by atoms with E-state index < -0.39 is 24.0 Å². The van der Waals surface area contributed by atoms with Crippen molar-refractivity contribution in [2.24, 2.45) is 0 Å². The number of carbonyl (C=O) groups excluding carboxylic acids is 2. The van der Waals surface area contributed by atoms with Gasteiger partial charge in [-0.15, -0.1) is 0 Å². The van der Waals surface area contributed by atoms with Gasteiger partial charge in [0.05, 0.1) is 53.4 Å². The van der Waals surface area contributed by atoms with Crippen LogP contribution in [-0.2, 0) is 28.5 Å². The van der Waals surface area contributed by atoms with E-state index in [1.807, 2.05) is 0 Å². The summed E-state index contributed by atoms with van der Waals surface area (Å²) in [5.74, 6) is -0.213. The Labute approximate surface area is 124 Å². The Bertz CT molecular complexity index is 357. The molecule has 7 heteroatoms. The first-order valence-electron chi connectivity index (χ1n) is 6.24. The van der Waals surface area contributed by atoms with E-state index in [1.165, 1.54) is 28.4 Å². The normalized spacial score (nSPS) is 12.8. The predicted molar refractivity (Wildman–Crippen MR) is 76.3 cm³/mol. The van der Waals surface area contributed by atoms with Gasteiger partial charge in [-0.3, -0.25) is 14.9 Å². The Hall–Kier alpha value is -2.02. The number of esters is 2. The number of hydrogen-bond donors (Lipinski definition) is 1. The highest BCUT2D eigenvalue weighted by molar-refractivity contribution is 5.71. The van der Waals surface area contributed by atoms with Crippen LogP contribution >= 0.6 is 0 Å². The van der Waals surface area contributed by atoms with Gasteiger partial charge in [-0.2, -0.15) is 0 Å². The van der Waals surface area contributed by atoms with Crippen molar-refractivity contribution < 1.29 is 28.5 Å². The number of nitrogens with one attached hydrogen (secondary N) is 1. The molecule has 120 valence electrons. The van der Waals surface area contributed by atoms with Crippen LogP contribution in [0.2, 0.25) is 0 Å². The summed E-state index contributed by atoms with van der Waals surface area (Å²) in [4.78, 5) is 22.9. The van der Waals surface area contributed by atoms with Crippen LogP contribution in [0, 0.1) is 0 Å². The molecule has 0 saturated carbocycles. The van der Waals surface area contributed by atoms with Gasteiger partial charge in [0.2, 0.25) is 0 Å². The number of rotatable bonds is 10. The minimum atomic E-state index is -0.552. The molecule has 0 rings (SSSR count). The van der Waals surface area contributed by atoms with E-state index in [-0.39, 0.29) is 12.8 Å². The quantitative estimate of drug-likeness (QED) is 0.471. The predicted octanol–water partition coefficient (Wildman–Crippen LogP) is 0.760. The Morgan fingerprint density at radius 1 is 0.810 bits per heavy atom. The summed E-state index contributed by atoms with van der Waals surface area (Å²) in [7, 11) is 5.45. The van der Waals surface area contributed by atoms with Gasteiger partial charge in [0.25, 0.3) is 0 Å². The monoisotopic (exact) mass is 301 g/mol. The van der Waals surface area contributed by atoms with E-state index in [2.05, 4.69) is 27.9 Å². The van der Waals surface area contributed by atoms with Crippen molar-refractivity contribution in [1.82, 2.24) is 5.32 Å². The molecule has 0 bridgehead atoms. The molecular weight excluding hydrogens is 278 g/mol. The number of hydrogen-bond acceptors (Lipinski definition) is 7. The molecule has 0 spiro atoms. The van der Waals surface area contributed by atoms with Gasteiger partial charge < -0.3 is 18.9 Å². The van der Waals surface area contributed by atoms with Crippen molar-refractivity contribution in [3.8, 4) is 0 Å². The highest BCUT2D eigenvalue weighted by Crippen LogP contribution is 2.13. The zero-order valence-electron chi connectivity index (χ0n) is 12.9. The van der Waals surface area contributed by atoms with Crippen LogP contribution < -0.4 is 5.32 Å². The maximum Gasteiger partial charge on any atom is 0.307 e. The molecule has 0 aliphatic rings. The van der Waals surface area contributed by atoms with Gasteiger partial charge in [-0.1, -0.05) is 13.2 Å². The van der Waals surface area contributed by atoms with Crippen LogP contribution in [0.4, 0.5) is 0 Å². The SMILES string of the molecule is C=C(OC)C(CC(=O)OC)NC(CC(=O)OC)C(=C)OC. The Morgan fingerprint density at radius 2 is 1.14 bits per heavy atom. The third kappa shape index (κ3) is 6.80. The van der Waals surface area contributed by atoms with Gasteiger partial charge in [0, 0.05) is 0 Å². The summed E-state index contributed by atoms with van der Waals surface area (Å²) >= 11 is 0. The molecule has 0 aliphatic carbocycles. The van der Waals surface area contributed by atoms with Crippen LogP contribution in [0.15, 0.2) is 24.7 Å². The second-order valence-electron chi connectivity index (χ2n) is 4.17. The molecule has 0 aliphatic heterocycles. The lowest BCUT2D eigenvalue weighted by atomic mass is 10.1. The van der Waals surface area contributed by atoms with Gasteiger partial charge in [0.1, 0.15) is 11.5 Å². The Morgan fingerprint density at radius 3 is 1.38 bits per heavy atom. The average Bonchev–Trinajstić information content (AvgIpc) is 2.50. The van der Waals surface area contributed by atoms with Crippen molar-refractivity contribution in [2.75, 3.05) is 28.4 Å². The van der Waals surface area contributed by atoms with Crippen LogP contribution in [0.1, 0.15) is 12.8 Å². The summed E-state index contributed by atoms with van der Waals surface area (Å²) in [6.07, 6.45) is -0.00429. The summed E-state index contributed by atoms with van der Waals surface area (Å²) in [5, 5.41) is 3.04. The van der Waals surface area contributed by atoms with Gasteiger partial charge in [-0.25, -0.2) is 0 Å². The zero-order chi connectivity index (χ0) is 16.4. The molecule has 0 aromatic carbocycles. The van der Waals surface area contributed by atoms with E-state index in [4.69, 9.17) is 9.47 Å². The Kier molecular flexibility index (Phi) is 8.87. The highest BCUT2D eigenvalue weighted by atomic mass is 16.5. The third-order valence-corrected chi connectivity index (χ3v) is 2.90. The molecule has 0 heterocycles. The second-order valence-corrected chi connectivity index (χ2v) is 4.17. The van der Waals surface area contributed by atoms with Gasteiger partial charge >= 0.3 is 11.9 Å². The maximum atomic E-state index is 11.4. The van der Waals surface area contributed by atoms with Crippen molar-refractivity contribution in [3.63, 3.8) is 0 Å². The first-order valence-corrected chi connectivity index (χ1v) is 6.24. The fourth-order valence-corrected chi connectivity index (χ4v) is 1.56. The average molecular weight is 301 g/mol. The minimum Gasteiger partial charge on any atom is -0.500 e. The van der Waals surface area contributed by atoms with E-state index in [9.17, 15) is 9.59 Å². The lowest BCUT2D eigenvalue weighted by molar-refractivity contribution is -0.141. The van der Waals surface area contributed by atoms with Crippen LogP contribution in [0.5, 0.6) is 0 Å². The van der Waals surface area contributed by atoms with E-state index in [0.29, 0.717) is 11.5 Å². The van der Waals surface area contributed by atoms with Crippen molar-refractivity contribution in [1.29, 1.82) is 0 Å². The molecule has 7 nitrogen and oxygen atoms in total. The molecule has 2 unspecified atom stereocenters. The van der Waals surface area contributed by atoms with Crippen molar-refractivity contribution >= 4 is 11.9 Å². The molecule has 2 atom stereocenters.